The molecule has 6 nitrogen and oxygen atoms in total. The van der Waals surface area contributed by atoms with Crippen LogP contribution in [-0.4, -0.2) is 68.3 Å². The van der Waals surface area contributed by atoms with Crippen molar-refractivity contribution < 1.29 is 14.3 Å². The largest absolute Gasteiger partial charge is 0.493 e. The van der Waals surface area contributed by atoms with Gasteiger partial charge in [-0.25, -0.2) is 0 Å². The van der Waals surface area contributed by atoms with Gasteiger partial charge in [0.25, 0.3) is 5.91 Å². The van der Waals surface area contributed by atoms with Gasteiger partial charge >= 0.3 is 0 Å². The van der Waals surface area contributed by atoms with Crippen molar-refractivity contribution in [3.05, 3.63) is 23.8 Å². The zero-order valence-electron chi connectivity index (χ0n) is 14.9. The Morgan fingerprint density at radius 2 is 1.88 bits per heavy atom. The lowest BCUT2D eigenvalue weighted by Crippen LogP contribution is -2.40. The fourth-order valence-electron chi connectivity index (χ4n) is 3.43. The minimum atomic E-state index is -0.0263. The minimum absolute atomic E-state index is 0.0263. The number of anilines is 1. The van der Waals surface area contributed by atoms with Crippen LogP contribution in [0.1, 0.15) is 36.0 Å². The Morgan fingerprint density at radius 3 is 2.64 bits per heavy atom. The molecule has 25 heavy (non-hydrogen) atoms. The first-order valence-corrected chi connectivity index (χ1v) is 9.36. The number of hydrogen-bond donors (Lipinski definition) is 1. The maximum atomic E-state index is 12.8. The van der Waals surface area contributed by atoms with Crippen molar-refractivity contribution in [2.24, 2.45) is 0 Å². The number of carbonyl (C=O) groups is 1. The molecule has 0 radical (unpaired) electrons. The molecule has 0 aromatic heterocycles. The second-order valence-corrected chi connectivity index (χ2v) is 6.76. The van der Waals surface area contributed by atoms with Gasteiger partial charge in [0.2, 0.25) is 0 Å². The summed E-state index contributed by atoms with van der Waals surface area (Å²) >= 11 is 0. The summed E-state index contributed by atoms with van der Waals surface area (Å²) in [7, 11) is 0. The van der Waals surface area contributed by atoms with Gasteiger partial charge in [0.15, 0.2) is 0 Å². The highest BCUT2D eigenvalue weighted by molar-refractivity contribution is 5.97. The number of likely N-dealkylation sites (tertiary alicyclic amines) is 1. The Balaban J connectivity index is 1.55. The SMILES string of the molecule is Nc1ccc(OCCCN2CCCCC2)c(C(=O)N2CCOCC2)c1. The molecule has 0 spiro atoms. The highest BCUT2D eigenvalue weighted by atomic mass is 16.5. The molecule has 2 saturated heterocycles. The third-order valence-corrected chi connectivity index (χ3v) is 4.86. The van der Waals surface area contributed by atoms with E-state index in [4.69, 9.17) is 15.2 Å². The van der Waals surface area contributed by atoms with Gasteiger partial charge in [-0.05, 0) is 50.6 Å². The lowest BCUT2D eigenvalue weighted by atomic mass is 10.1. The summed E-state index contributed by atoms with van der Waals surface area (Å²) in [6.45, 7) is 6.46. The molecule has 3 rings (SSSR count). The standard InChI is InChI=1S/C19H29N3O3/c20-16-5-6-18(25-12-4-9-21-7-2-1-3-8-21)17(15-16)19(23)22-10-13-24-14-11-22/h5-6,15H,1-4,7-14,20H2. The predicted octanol–water partition coefficient (Wildman–Crippen LogP) is 2.00. The number of nitrogens with zero attached hydrogens (tertiary/aromatic N) is 2. The van der Waals surface area contributed by atoms with Crippen molar-refractivity contribution in [1.29, 1.82) is 0 Å². The zero-order valence-corrected chi connectivity index (χ0v) is 14.9. The summed E-state index contributed by atoms with van der Waals surface area (Å²) in [6.07, 6.45) is 4.93. The third-order valence-electron chi connectivity index (χ3n) is 4.86. The van der Waals surface area contributed by atoms with Gasteiger partial charge in [-0.3, -0.25) is 4.79 Å². The second kappa shape index (κ2) is 9.06. The Bertz CT molecular complexity index is 567. The van der Waals surface area contributed by atoms with Crippen LogP contribution in [0.4, 0.5) is 5.69 Å². The topological polar surface area (TPSA) is 68.0 Å². The summed E-state index contributed by atoms with van der Waals surface area (Å²) < 4.78 is 11.3. The molecule has 2 aliphatic heterocycles. The summed E-state index contributed by atoms with van der Waals surface area (Å²) in [5.74, 6) is 0.603. The minimum Gasteiger partial charge on any atom is -0.493 e. The lowest BCUT2D eigenvalue weighted by Gasteiger charge is -2.28. The number of piperidine rings is 1. The summed E-state index contributed by atoms with van der Waals surface area (Å²) in [5.41, 5.74) is 7.03. The maximum absolute atomic E-state index is 12.8. The van der Waals surface area contributed by atoms with E-state index in [2.05, 4.69) is 4.90 Å². The number of nitrogens with two attached hydrogens (primary N) is 1. The molecule has 6 heteroatoms. The molecule has 1 aromatic carbocycles. The monoisotopic (exact) mass is 347 g/mol. The number of amides is 1. The Kier molecular flexibility index (Phi) is 6.53. The first-order valence-electron chi connectivity index (χ1n) is 9.36. The first-order chi connectivity index (χ1) is 12.2. The normalized spacial score (nSPS) is 19.0. The fourth-order valence-corrected chi connectivity index (χ4v) is 3.43. The van der Waals surface area contributed by atoms with Crippen LogP contribution in [0.15, 0.2) is 18.2 Å². The Hall–Kier alpha value is -1.79. The Morgan fingerprint density at radius 1 is 1.12 bits per heavy atom. The van der Waals surface area contributed by atoms with Crippen LogP contribution in [0.3, 0.4) is 0 Å². The lowest BCUT2D eigenvalue weighted by molar-refractivity contribution is 0.0300. The molecule has 2 aliphatic rings. The first kappa shape index (κ1) is 18.0. The van der Waals surface area contributed by atoms with E-state index in [0.717, 1.165) is 13.0 Å². The van der Waals surface area contributed by atoms with Gasteiger partial charge in [-0.1, -0.05) is 6.42 Å². The molecule has 1 aromatic rings. The van der Waals surface area contributed by atoms with E-state index in [0.29, 0.717) is 49.9 Å². The highest BCUT2D eigenvalue weighted by Gasteiger charge is 2.22. The van der Waals surface area contributed by atoms with Crippen LogP contribution >= 0.6 is 0 Å². The Labute approximate surface area is 149 Å². The zero-order chi connectivity index (χ0) is 17.5. The van der Waals surface area contributed by atoms with Gasteiger partial charge in [0, 0.05) is 25.3 Å². The molecule has 1 amide bonds. The maximum Gasteiger partial charge on any atom is 0.257 e. The number of hydrogen-bond acceptors (Lipinski definition) is 5. The molecule has 0 atom stereocenters. The van der Waals surface area contributed by atoms with Crippen LogP contribution in [0, 0.1) is 0 Å². The van der Waals surface area contributed by atoms with Crippen molar-refractivity contribution in [2.75, 3.05) is 58.3 Å². The van der Waals surface area contributed by atoms with E-state index >= 15 is 0 Å². The van der Waals surface area contributed by atoms with Crippen molar-refractivity contribution in [2.45, 2.75) is 25.7 Å². The smallest absolute Gasteiger partial charge is 0.257 e. The number of nitrogen functional groups attached to an aromatic ring is 1. The number of morpholine rings is 1. The molecular weight excluding hydrogens is 318 g/mol. The van der Waals surface area contributed by atoms with Gasteiger partial charge < -0.3 is 25.0 Å². The molecule has 2 N–H and O–H groups in total. The number of benzene rings is 1. The molecular formula is C19H29N3O3. The summed E-state index contributed by atoms with van der Waals surface area (Å²) in [5, 5.41) is 0. The second-order valence-electron chi connectivity index (χ2n) is 6.76. The van der Waals surface area contributed by atoms with Gasteiger partial charge in [-0.15, -0.1) is 0 Å². The molecule has 0 aliphatic carbocycles. The molecule has 0 unspecified atom stereocenters. The van der Waals surface area contributed by atoms with Crippen LogP contribution in [0.25, 0.3) is 0 Å². The van der Waals surface area contributed by atoms with Gasteiger partial charge in [-0.2, -0.15) is 0 Å². The molecule has 2 heterocycles. The quantitative estimate of drug-likeness (QED) is 0.630. The summed E-state index contributed by atoms with van der Waals surface area (Å²) in [4.78, 5) is 17.1. The van der Waals surface area contributed by atoms with E-state index in [1.54, 1.807) is 17.0 Å². The average molecular weight is 347 g/mol. The van der Waals surface area contributed by atoms with E-state index in [-0.39, 0.29) is 5.91 Å². The highest BCUT2D eigenvalue weighted by Crippen LogP contribution is 2.24. The molecule has 2 fully saturated rings. The van der Waals surface area contributed by atoms with Crippen molar-refractivity contribution >= 4 is 11.6 Å². The third kappa shape index (κ3) is 5.09. The molecule has 0 saturated carbocycles. The van der Waals surface area contributed by atoms with Crippen LogP contribution in [-0.2, 0) is 4.74 Å². The van der Waals surface area contributed by atoms with E-state index < -0.39 is 0 Å². The molecule has 0 bridgehead atoms. The van der Waals surface area contributed by atoms with Crippen LogP contribution in [0.5, 0.6) is 5.75 Å². The number of ether oxygens (including phenoxy) is 2. The predicted molar refractivity (Wildman–Crippen MR) is 98.0 cm³/mol. The number of rotatable bonds is 6. The summed E-state index contributed by atoms with van der Waals surface area (Å²) in [6, 6.07) is 5.32. The van der Waals surface area contributed by atoms with Crippen molar-refractivity contribution in [1.82, 2.24) is 9.80 Å². The van der Waals surface area contributed by atoms with E-state index in [1.165, 1.54) is 32.4 Å². The molecule has 138 valence electrons. The van der Waals surface area contributed by atoms with E-state index in [1.807, 2.05) is 6.07 Å². The average Bonchev–Trinajstić information content (AvgIpc) is 2.67. The fraction of sp³-hybridized carbons (Fsp3) is 0.632. The van der Waals surface area contributed by atoms with Crippen LogP contribution in [0.2, 0.25) is 0 Å². The van der Waals surface area contributed by atoms with E-state index in [9.17, 15) is 4.79 Å². The van der Waals surface area contributed by atoms with Crippen LogP contribution < -0.4 is 10.5 Å². The number of carbonyl (C=O) groups excluding carboxylic acids is 1. The van der Waals surface area contributed by atoms with Gasteiger partial charge in [0.1, 0.15) is 5.75 Å². The van der Waals surface area contributed by atoms with Gasteiger partial charge in [0.05, 0.1) is 25.4 Å². The van der Waals surface area contributed by atoms with Crippen molar-refractivity contribution in [3.8, 4) is 5.75 Å². The van der Waals surface area contributed by atoms with Crippen molar-refractivity contribution in [3.63, 3.8) is 0 Å².